The Balaban J connectivity index is 0.000000461. The molecular weight excluding hydrogens is 138 g/mol. The number of hydrogen-bond donors (Lipinski definition) is 0. The van der Waals surface area contributed by atoms with Gasteiger partial charge in [-0.05, 0) is 13.5 Å². The van der Waals surface area contributed by atoms with Crippen LogP contribution in [0.3, 0.4) is 0 Å². The number of nitrogens with zero attached hydrogens (tertiary/aromatic N) is 1. The maximum atomic E-state index is 5.26. The second kappa shape index (κ2) is 4.73. The van der Waals surface area contributed by atoms with E-state index in [1.165, 1.54) is 0 Å². The molecule has 0 radical (unpaired) electrons. The van der Waals surface area contributed by atoms with E-state index in [9.17, 15) is 0 Å². The molecule has 1 fully saturated rings. The van der Waals surface area contributed by atoms with Crippen molar-refractivity contribution in [2.24, 2.45) is 0 Å². The Labute approximate surface area is 70.5 Å². The molecule has 0 aliphatic carbocycles. The van der Waals surface area contributed by atoms with Crippen molar-refractivity contribution in [1.29, 1.82) is 0 Å². The number of methoxy groups -OCH3 is 1. The SMILES string of the molecule is CC.CCN1CC(C)(OC)C1. The van der Waals surface area contributed by atoms with Crippen molar-refractivity contribution >= 4 is 0 Å². The molecule has 1 aliphatic heterocycles. The van der Waals surface area contributed by atoms with E-state index in [1.807, 2.05) is 13.8 Å². The molecule has 2 nitrogen and oxygen atoms in total. The molecule has 0 N–H and O–H groups in total. The maximum absolute atomic E-state index is 5.26. The monoisotopic (exact) mass is 159 g/mol. The van der Waals surface area contributed by atoms with Gasteiger partial charge in [0.05, 0.1) is 5.60 Å². The van der Waals surface area contributed by atoms with Crippen LogP contribution >= 0.6 is 0 Å². The Morgan fingerprint density at radius 2 is 1.82 bits per heavy atom. The van der Waals surface area contributed by atoms with Crippen LogP contribution in [0.25, 0.3) is 0 Å². The minimum atomic E-state index is 0.163. The molecule has 1 heterocycles. The first-order chi connectivity index (χ1) is 5.20. The first kappa shape index (κ1) is 10.9. The van der Waals surface area contributed by atoms with E-state index in [-0.39, 0.29) is 5.60 Å². The van der Waals surface area contributed by atoms with Gasteiger partial charge < -0.3 is 4.74 Å². The predicted molar refractivity (Wildman–Crippen MR) is 48.9 cm³/mol. The van der Waals surface area contributed by atoms with Gasteiger partial charge in [0.15, 0.2) is 0 Å². The minimum Gasteiger partial charge on any atom is -0.376 e. The van der Waals surface area contributed by atoms with Gasteiger partial charge in [-0.3, -0.25) is 4.90 Å². The smallest absolute Gasteiger partial charge is 0.0903 e. The van der Waals surface area contributed by atoms with Crippen molar-refractivity contribution in [2.45, 2.75) is 33.3 Å². The lowest BCUT2D eigenvalue weighted by Gasteiger charge is -2.46. The summed E-state index contributed by atoms with van der Waals surface area (Å²) in [4.78, 5) is 2.36. The third-order valence-corrected chi connectivity index (χ3v) is 2.06. The van der Waals surface area contributed by atoms with E-state index in [0.29, 0.717) is 0 Å². The Hall–Kier alpha value is -0.0800. The zero-order valence-corrected chi connectivity index (χ0v) is 8.48. The lowest BCUT2D eigenvalue weighted by atomic mass is 9.97. The Bertz CT molecular complexity index is 97.7. The van der Waals surface area contributed by atoms with E-state index >= 15 is 0 Å². The number of rotatable bonds is 2. The van der Waals surface area contributed by atoms with Crippen LogP contribution in [0.4, 0.5) is 0 Å². The van der Waals surface area contributed by atoms with Gasteiger partial charge in [-0.25, -0.2) is 0 Å². The van der Waals surface area contributed by atoms with Crippen LogP contribution in [0, 0.1) is 0 Å². The molecule has 1 aliphatic rings. The van der Waals surface area contributed by atoms with Gasteiger partial charge in [0.25, 0.3) is 0 Å². The summed E-state index contributed by atoms with van der Waals surface area (Å²) < 4.78 is 5.26. The predicted octanol–water partition coefficient (Wildman–Crippen LogP) is 1.75. The zero-order valence-electron chi connectivity index (χ0n) is 8.48. The highest BCUT2D eigenvalue weighted by molar-refractivity contribution is 4.92. The van der Waals surface area contributed by atoms with Crippen molar-refractivity contribution in [2.75, 3.05) is 26.7 Å². The summed E-state index contributed by atoms with van der Waals surface area (Å²) in [7, 11) is 1.78. The van der Waals surface area contributed by atoms with Gasteiger partial charge >= 0.3 is 0 Å². The van der Waals surface area contributed by atoms with E-state index in [1.54, 1.807) is 7.11 Å². The summed E-state index contributed by atoms with van der Waals surface area (Å²) in [5.41, 5.74) is 0.163. The maximum Gasteiger partial charge on any atom is 0.0903 e. The fourth-order valence-electron chi connectivity index (χ4n) is 1.25. The molecule has 0 bridgehead atoms. The fraction of sp³-hybridized carbons (Fsp3) is 1.00. The lowest BCUT2D eigenvalue weighted by molar-refractivity contribution is -0.108. The Morgan fingerprint density at radius 1 is 1.36 bits per heavy atom. The van der Waals surface area contributed by atoms with Crippen LogP contribution in [0.2, 0.25) is 0 Å². The van der Waals surface area contributed by atoms with Crippen LogP contribution in [0.5, 0.6) is 0 Å². The molecule has 1 rings (SSSR count). The van der Waals surface area contributed by atoms with E-state index in [0.717, 1.165) is 19.6 Å². The first-order valence-electron chi connectivity index (χ1n) is 4.48. The van der Waals surface area contributed by atoms with E-state index in [4.69, 9.17) is 4.74 Å². The highest BCUT2D eigenvalue weighted by atomic mass is 16.5. The van der Waals surface area contributed by atoms with Crippen molar-refractivity contribution < 1.29 is 4.74 Å². The fourth-order valence-corrected chi connectivity index (χ4v) is 1.25. The van der Waals surface area contributed by atoms with Crippen LogP contribution in [-0.4, -0.2) is 37.2 Å². The zero-order chi connectivity index (χ0) is 8.91. The molecule has 0 aromatic carbocycles. The number of hydrogen-bond acceptors (Lipinski definition) is 2. The summed E-state index contributed by atoms with van der Waals surface area (Å²) in [5, 5.41) is 0. The largest absolute Gasteiger partial charge is 0.376 e. The first-order valence-corrected chi connectivity index (χ1v) is 4.48. The molecule has 0 aromatic rings. The molecule has 2 heteroatoms. The molecule has 1 saturated heterocycles. The van der Waals surface area contributed by atoms with Crippen molar-refractivity contribution in [1.82, 2.24) is 4.90 Å². The summed E-state index contributed by atoms with van der Waals surface area (Å²) in [6.07, 6.45) is 0. The van der Waals surface area contributed by atoms with Crippen molar-refractivity contribution in [3.05, 3.63) is 0 Å². The summed E-state index contributed by atoms with van der Waals surface area (Å²) >= 11 is 0. The molecule has 11 heavy (non-hydrogen) atoms. The van der Waals surface area contributed by atoms with Crippen molar-refractivity contribution in [3.63, 3.8) is 0 Å². The van der Waals surface area contributed by atoms with Crippen molar-refractivity contribution in [3.8, 4) is 0 Å². The number of likely N-dealkylation sites (tertiary alicyclic amines) is 1. The number of ether oxygens (including phenoxy) is 1. The summed E-state index contributed by atoms with van der Waals surface area (Å²) in [6.45, 7) is 11.7. The van der Waals surface area contributed by atoms with Crippen LogP contribution in [0.15, 0.2) is 0 Å². The van der Waals surface area contributed by atoms with Crippen LogP contribution < -0.4 is 0 Å². The Kier molecular flexibility index (Phi) is 4.69. The third-order valence-electron chi connectivity index (χ3n) is 2.06. The number of likely N-dealkylation sites (N-methyl/N-ethyl adjacent to an activating group) is 1. The van der Waals surface area contributed by atoms with Gasteiger partial charge in [0, 0.05) is 20.2 Å². The second-order valence-electron chi connectivity index (χ2n) is 2.96. The van der Waals surface area contributed by atoms with Crippen LogP contribution in [0.1, 0.15) is 27.7 Å². The molecule has 68 valence electrons. The quantitative estimate of drug-likeness (QED) is 0.608. The third kappa shape index (κ3) is 2.80. The standard InChI is InChI=1S/C7H15NO.C2H6/c1-4-8-5-7(2,6-8)9-3;1-2/h4-6H2,1-3H3;1-2H3. The van der Waals surface area contributed by atoms with Gasteiger partial charge in [-0.15, -0.1) is 0 Å². The molecule has 0 spiro atoms. The topological polar surface area (TPSA) is 12.5 Å². The minimum absolute atomic E-state index is 0.163. The van der Waals surface area contributed by atoms with Gasteiger partial charge in [0.1, 0.15) is 0 Å². The van der Waals surface area contributed by atoms with Gasteiger partial charge in [-0.1, -0.05) is 20.8 Å². The van der Waals surface area contributed by atoms with Gasteiger partial charge in [0.2, 0.25) is 0 Å². The normalized spacial score (nSPS) is 21.5. The Morgan fingerprint density at radius 3 is 2.09 bits per heavy atom. The average Bonchev–Trinajstić information content (AvgIpc) is 2.02. The van der Waals surface area contributed by atoms with E-state index < -0.39 is 0 Å². The van der Waals surface area contributed by atoms with E-state index in [2.05, 4.69) is 18.7 Å². The molecule has 0 aromatic heterocycles. The summed E-state index contributed by atoms with van der Waals surface area (Å²) in [6, 6.07) is 0. The lowest BCUT2D eigenvalue weighted by Crippen LogP contribution is -2.60. The average molecular weight is 159 g/mol. The molecule has 0 atom stereocenters. The highest BCUT2D eigenvalue weighted by Crippen LogP contribution is 2.22. The second-order valence-corrected chi connectivity index (χ2v) is 2.96. The molecule has 0 saturated carbocycles. The molecular formula is C9H21NO. The highest BCUT2D eigenvalue weighted by Gasteiger charge is 2.37. The summed E-state index contributed by atoms with van der Waals surface area (Å²) in [5.74, 6) is 0. The molecule has 0 unspecified atom stereocenters. The van der Waals surface area contributed by atoms with Crippen LogP contribution in [-0.2, 0) is 4.74 Å². The molecule has 0 amide bonds. The van der Waals surface area contributed by atoms with Gasteiger partial charge in [-0.2, -0.15) is 0 Å².